The van der Waals surface area contributed by atoms with E-state index < -0.39 is 0 Å². The minimum absolute atomic E-state index is 0.257. The Morgan fingerprint density at radius 2 is 1.90 bits per heavy atom. The highest BCUT2D eigenvalue weighted by Crippen LogP contribution is 2.22. The van der Waals surface area contributed by atoms with E-state index in [9.17, 15) is 4.39 Å². The summed E-state index contributed by atoms with van der Waals surface area (Å²) in [5.74, 6) is 0.735. The van der Waals surface area contributed by atoms with Gasteiger partial charge in [0.25, 0.3) is 0 Å². The smallest absolute Gasteiger partial charge is 0.181 e. The molecule has 21 heavy (non-hydrogen) atoms. The van der Waals surface area contributed by atoms with E-state index in [1.54, 1.807) is 24.3 Å². The number of anilines is 1. The highest BCUT2D eigenvalue weighted by Gasteiger charge is 2.11. The summed E-state index contributed by atoms with van der Waals surface area (Å²) in [6.45, 7) is 0. The summed E-state index contributed by atoms with van der Waals surface area (Å²) >= 11 is 6.00. The lowest BCUT2D eigenvalue weighted by atomic mass is 10.1. The van der Waals surface area contributed by atoms with Gasteiger partial charge < -0.3 is 5.73 Å². The van der Waals surface area contributed by atoms with E-state index in [0.29, 0.717) is 27.9 Å². The Labute approximate surface area is 125 Å². The fraction of sp³-hybridized carbons (Fsp3) is 0.0667. The highest BCUT2D eigenvalue weighted by atomic mass is 35.5. The molecule has 3 aromatic rings. The molecule has 0 spiro atoms. The third kappa shape index (κ3) is 2.87. The first-order valence-electron chi connectivity index (χ1n) is 6.33. The number of H-pyrrole nitrogens is 1. The van der Waals surface area contributed by atoms with Crippen molar-refractivity contribution in [3.8, 4) is 11.4 Å². The predicted molar refractivity (Wildman–Crippen MR) is 80.4 cm³/mol. The third-order valence-electron chi connectivity index (χ3n) is 3.11. The largest absolute Gasteiger partial charge is 0.399 e. The second-order valence-electron chi connectivity index (χ2n) is 4.60. The molecule has 0 fully saturated rings. The lowest BCUT2D eigenvalue weighted by Gasteiger charge is -2.02. The van der Waals surface area contributed by atoms with Crippen molar-refractivity contribution in [2.24, 2.45) is 0 Å². The van der Waals surface area contributed by atoms with Crippen molar-refractivity contribution < 1.29 is 4.39 Å². The maximum Gasteiger partial charge on any atom is 0.181 e. The number of nitrogens with one attached hydrogen (secondary N) is 1. The van der Waals surface area contributed by atoms with Gasteiger partial charge in [-0.05, 0) is 36.4 Å². The quantitative estimate of drug-likeness (QED) is 0.728. The summed E-state index contributed by atoms with van der Waals surface area (Å²) < 4.78 is 13.7. The van der Waals surface area contributed by atoms with Crippen LogP contribution in [0.2, 0.25) is 5.02 Å². The molecule has 1 heterocycles. The number of aromatic nitrogens is 3. The Morgan fingerprint density at radius 3 is 2.62 bits per heavy atom. The number of nitrogen functional groups attached to an aromatic ring is 1. The maximum atomic E-state index is 13.7. The zero-order valence-electron chi connectivity index (χ0n) is 11.0. The fourth-order valence-corrected chi connectivity index (χ4v) is 2.23. The Kier molecular flexibility index (Phi) is 3.58. The van der Waals surface area contributed by atoms with Gasteiger partial charge in [0.2, 0.25) is 0 Å². The molecular formula is C15H12ClFN4. The van der Waals surface area contributed by atoms with E-state index >= 15 is 0 Å². The van der Waals surface area contributed by atoms with Gasteiger partial charge in [-0.15, -0.1) is 0 Å². The minimum Gasteiger partial charge on any atom is -0.399 e. The first-order chi connectivity index (χ1) is 10.1. The van der Waals surface area contributed by atoms with Crippen LogP contribution in [0.4, 0.5) is 10.1 Å². The van der Waals surface area contributed by atoms with E-state index in [1.807, 2.05) is 12.1 Å². The number of nitrogens with zero attached hydrogens (tertiary/aromatic N) is 2. The van der Waals surface area contributed by atoms with Crippen LogP contribution in [0, 0.1) is 5.82 Å². The summed E-state index contributed by atoms with van der Waals surface area (Å²) in [5, 5.41) is 7.31. The summed E-state index contributed by atoms with van der Waals surface area (Å²) in [5.41, 5.74) is 7.56. The Morgan fingerprint density at radius 1 is 1.14 bits per heavy atom. The monoisotopic (exact) mass is 302 g/mol. The summed E-state index contributed by atoms with van der Waals surface area (Å²) in [6, 6.07) is 11.8. The molecule has 0 saturated carbocycles. The normalized spacial score (nSPS) is 10.8. The molecule has 2 aromatic carbocycles. The number of nitrogens with two attached hydrogens (primary N) is 1. The van der Waals surface area contributed by atoms with Gasteiger partial charge >= 0.3 is 0 Å². The lowest BCUT2D eigenvalue weighted by Crippen LogP contribution is -1.96. The molecule has 3 N–H and O–H groups in total. The van der Waals surface area contributed by atoms with Gasteiger partial charge in [0, 0.05) is 28.3 Å². The van der Waals surface area contributed by atoms with E-state index in [1.165, 1.54) is 6.07 Å². The Balaban J connectivity index is 1.87. The van der Waals surface area contributed by atoms with Crippen LogP contribution >= 0.6 is 11.6 Å². The molecular weight excluding hydrogens is 291 g/mol. The second-order valence-corrected chi connectivity index (χ2v) is 5.01. The van der Waals surface area contributed by atoms with E-state index in [2.05, 4.69) is 15.2 Å². The minimum atomic E-state index is -0.354. The van der Waals surface area contributed by atoms with Crippen molar-refractivity contribution in [3.05, 3.63) is 64.7 Å². The standard InChI is InChI=1S/C15H12ClFN4/c16-12-2-1-3-13(17)11(12)8-14-19-15(21-20-14)9-4-6-10(18)7-5-9/h1-7H,8,18H2,(H,19,20,21). The van der Waals surface area contributed by atoms with Crippen LogP contribution in [0.25, 0.3) is 11.4 Å². The summed E-state index contributed by atoms with van der Waals surface area (Å²) in [4.78, 5) is 4.35. The molecule has 0 amide bonds. The number of aromatic amines is 1. The molecule has 0 aliphatic rings. The molecule has 106 valence electrons. The molecule has 4 nitrogen and oxygen atoms in total. The molecule has 1 aromatic heterocycles. The molecule has 0 aliphatic carbocycles. The molecule has 0 bridgehead atoms. The molecule has 3 rings (SSSR count). The van der Waals surface area contributed by atoms with Crippen molar-refractivity contribution in [1.29, 1.82) is 0 Å². The topological polar surface area (TPSA) is 67.6 Å². The van der Waals surface area contributed by atoms with Gasteiger partial charge in [0.05, 0.1) is 0 Å². The molecule has 0 atom stereocenters. The molecule has 0 radical (unpaired) electrons. The van der Waals surface area contributed by atoms with Gasteiger partial charge in [-0.25, -0.2) is 9.37 Å². The van der Waals surface area contributed by atoms with Crippen molar-refractivity contribution in [2.75, 3.05) is 5.73 Å². The molecule has 0 unspecified atom stereocenters. The number of hydrogen-bond donors (Lipinski definition) is 2. The highest BCUT2D eigenvalue weighted by molar-refractivity contribution is 6.31. The van der Waals surface area contributed by atoms with Gasteiger partial charge in [0.15, 0.2) is 5.82 Å². The maximum absolute atomic E-state index is 13.7. The summed E-state index contributed by atoms with van der Waals surface area (Å²) in [6.07, 6.45) is 0.257. The zero-order chi connectivity index (χ0) is 14.8. The molecule has 6 heteroatoms. The van der Waals surface area contributed by atoms with Gasteiger partial charge in [-0.2, -0.15) is 5.10 Å². The van der Waals surface area contributed by atoms with Crippen LogP contribution in [0.1, 0.15) is 11.4 Å². The number of hydrogen-bond acceptors (Lipinski definition) is 3. The first-order valence-corrected chi connectivity index (χ1v) is 6.71. The van der Waals surface area contributed by atoms with E-state index in [4.69, 9.17) is 17.3 Å². The molecule has 0 aliphatic heterocycles. The van der Waals surface area contributed by atoms with Crippen LogP contribution in [-0.2, 0) is 6.42 Å². The van der Waals surface area contributed by atoms with Gasteiger partial charge in [-0.1, -0.05) is 17.7 Å². The van der Waals surface area contributed by atoms with Crippen LogP contribution in [0.5, 0.6) is 0 Å². The number of rotatable bonds is 3. The van der Waals surface area contributed by atoms with Gasteiger partial charge in [-0.3, -0.25) is 5.10 Å². The van der Waals surface area contributed by atoms with Crippen molar-refractivity contribution in [1.82, 2.24) is 15.2 Å². The second kappa shape index (κ2) is 5.54. The average Bonchev–Trinajstić information content (AvgIpc) is 2.92. The van der Waals surface area contributed by atoms with E-state index in [-0.39, 0.29) is 12.2 Å². The number of halogens is 2. The predicted octanol–water partition coefficient (Wildman–Crippen LogP) is 3.44. The van der Waals surface area contributed by atoms with Crippen LogP contribution < -0.4 is 5.73 Å². The van der Waals surface area contributed by atoms with Crippen molar-refractivity contribution in [2.45, 2.75) is 6.42 Å². The summed E-state index contributed by atoms with van der Waals surface area (Å²) in [7, 11) is 0. The van der Waals surface area contributed by atoms with Crippen LogP contribution in [0.3, 0.4) is 0 Å². The zero-order valence-corrected chi connectivity index (χ0v) is 11.7. The SMILES string of the molecule is Nc1ccc(-c2n[nH]c(Cc3c(F)cccc3Cl)n2)cc1. The van der Waals surface area contributed by atoms with E-state index in [0.717, 1.165) is 5.56 Å². The lowest BCUT2D eigenvalue weighted by molar-refractivity contribution is 0.612. The average molecular weight is 303 g/mol. The fourth-order valence-electron chi connectivity index (χ4n) is 2.00. The third-order valence-corrected chi connectivity index (χ3v) is 3.46. The Hall–Kier alpha value is -2.40. The number of benzene rings is 2. The van der Waals surface area contributed by atoms with Crippen molar-refractivity contribution >= 4 is 17.3 Å². The van der Waals surface area contributed by atoms with Crippen LogP contribution in [-0.4, -0.2) is 15.2 Å². The van der Waals surface area contributed by atoms with Gasteiger partial charge in [0.1, 0.15) is 11.6 Å². The molecule has 0 saturated heterocycles. The van der Waals surface area contributed by atoms with Crippen molar-refractivity contribution in [3.63, 3.8) is 0 Å². The Bertz CT molecular complexity index is 747. The van der Waals surface area contributed by atoms with Crippen LogP contribution in [0.15, 0.2) is 42.5 Å². The first kappa shape index (κ1) is 13.6.